The van der Waals surface area contributed by atoms with Crippen molar-refractivity contribution in [3.8, 4) is 0 Å². The number of hydrogen-bond donors (Lipinski definition) is 3. The smallest absolute Gasteiger partial charge is 0.227 e. The molecule has 0 amide bonds. The van der Waals surface area contributed by atoms with Gasteiger partial charge in [-0.2, -0.15) is 4.98 Å². The highest BCUT2D eigenvalue weighted by Crippen LogP contribution is 2.52. The lowest BCUT2D eigenvalue weighted by molar-refractivity contribution is 0.0731. The third kappa shape index (κ3) is 3.73. The van der Waals surface area contributed by atoms with Gasteiger partial charge in [-0.3, -0.25) is 0 Å². The number of rotatable bonds is 5. The normalized spacial score (nSPS) is 21.9. The van der Waals surface area contributed by atoms with E-state index in [1.165, 1.54) is 0 Å². The van der Waals surface area contributed by atoms with Crippen molar-refractivity contribution in [2.75, 3.05) is 41.3 Å². The molecule has 9 nitrogen and oxygen atoms in total. The van der Waals surface area contributed by atoms with Crippen LogP contribution in [0.5, 0.6) is 0 Å². The zero-order valence-corrected chi connectivity index (χ0v) is 19.6. The van der Waals surface area contributed by atoms with Crippen LogP contribution < -0.4 is 15.1 Å². The van der Waals surface area contributed by atoms with E-state index in [9.17, 15) is 10.2 Å². The van der Waals surface area contributed by atoms with E-state index in [-0.39, 0.29) is 17.6 Å². The third-order valence-electron chi connectivity index (χ3n) is 7.52. The highest BCUT2D eigenvalue weighted by atomic mass is 16.3. The maximum atomic E-state index is 10.3. The van der Waals surface area contributed by atoms with Crippen LogP contribution in [0.2, 0.25) is 0 Å². The first-order chi connectivity index (χ1) is 16.4. The number of aromatic nitrogens is 4. The Bertz CT molecular complexity index is 1220. The van der Waals surface area contributed by atoms with Crippen LogP contribution in [0.1, 0.15) is 44.6 Å². The molecule has 5 heterocycles. The molecule has 3 N–H and O–H groups in total. The van der Waals surface area contributed by atoms with E-state index in [4.69, 9.17) is 9.97 Å². The summed E-state index contributed by atoms with van der Waals surface area (Å²) in [4.78, 5) is 22.9. The summed E-state index contributed by atoms with van der Waals surface area (Å²) < 4.78 is 0. The lowest BCUT2D eigenvalue weighted by atomic mass is 9.92. The minimum absolute atomic E-state index is 0.0381. The summed E-state index contributed by atoms with van der Waals surface area (Å²) >= 11 is 0. The van der Waals surface area contributed by atoms with Crippen LogP contribution >= 0.6 is 0 Å². The van der Waals surface area contributed by atoms with Crippen molar-refractivity contribution >= 4 is 34.2 Å². The molecule has 3 aromatic rings. The largest absolute Gasteiger partial charge is 0.392 e. The summed E-state index contributed by atoms with van der Waals surface area (Å²) in [5.41, 5.74) is 1.20. The summed E-state index contributed by atoms with van der Waals surface area (Å²) in [6.45, 7) is 7.10. The average Bonchev–Trinajstić information content (AvgIpc) is 3.58. The first-order valence-corrected chi connectivity index (χ1v) is 12.2. The molecule has 2 saturated heterocycles. The van der Waals surface area contributed by atoms with Gasteiger partial charge in [-0.1, -0.05) is 13.8 Å². The number of nitrogens with zero attached hydrogens (tertiary/aromatic N) is 6. The topological polar surface area (TPSA) is 111 Å². The molecular weight excluding hydrogens is 430 g/mol. The second kappa shape index (κ2) is 8.02. The van der Waals surface area contributed by atoms with Crippen molar-refractivity contribution in [3.05, 3.63) is 36.3 Å². The Balaban J connectivity index is 1.28. The number of nitrogens with one attached hydrogen (secondary N) is 1. The van der Waals surface area contributed by atoms with Crippen LogP contribution in [-0.2, 0) is 0 Å². The van der Waals surface area contributed by atoms with Gasteiger partial charge in [0.15, 0.2) is 0 Å². The molecule has 1 saturated carbocycles. The zero-order valence-electron chi connectivity index (χ0n) is 19.6. The molecular formula is C25H31N7O2. The number of anilines is 4. The van der Waals surface area contributed by atoms with Crippen LogP contribution in [0.3, 0.4) is 0 Å². The van der Waals surface area contributed by atoms with Crippen molar-refractivity contribution in [1.82, 2.24) is 19.9 Å². The third-order valence-corrected chi connectivity index (χ3v) is 7.52. The highest BCUT2D eigenvalue weighted by Gasteiger charge is 2.52. The quantitative estimate of drug-likeness (QED) is 0.528. The van der Waals surface area contributed by atoms with Crippen molar-refractivity contribution < 1.29 is 10.2 Å². The number of aliphatic hydroxyl groups is 2. The molecule has 1 aliphatic carbocycles. The highest BCUT2D eigenvalue weighted by molar-refractivity contribution is 5.96. The molecule has 3 fully saturated rings. The summed E-state index contributed by atoms with van der Waals surface area (Å²) in [5, 5.41) is 25.5. The molecule has 1 atom stereocenters. The van der Waals surface area contributed by atoms with Crippen LogP contribution in [0.25, 0.3) is 10.8 Å². The van der Waals surface area contributed by atoms with E-state index < -0.39 is 0 Å². The second-order valence-corrected chi connectivity index (χ2v) is 10.3. The SMILES string of the molecule is CC(C)c1cnc(N2CC(O)C2)c2cnc(Nc3ccnc(N4CCC(O)C5(CC5)C4)n3)cc12. The minimum atomic E-state index is -0.291. The Hall–Kier alpha value is -3.04. The molecule has 178 valence electrons. The predicted octanol–water partition coefficient (Wildman–Crippen LogP) is 2.82. The number of pyridine rings is 2. The van der Waals surface area contributed by atoms with Gasteiger partial charge >= 0.3 is 0 Å². The first-order valence-electron chi connectivity index (χ1n) is 12.2. The van der Waals surface area contributed by atoms with E-state index >= 15 is 0 Å². The monoisotopic (exact) mass is 461 g/mol. The molecule has 0 bridgehead atoms. The standard InChI is InChI=1S/C25H31N7O2/c1-15(2)18-10-28-23(32-12-16(33)13-32)19-11-27-22(9-17(18)19)29-21-3-7-26-24(30-21)31-8-4-20(34)25(14-31)5-6-25/h3,7,9-11,15-16,20,33-34H,4-6,8,12-14H2,1-2H3,(H,26,27,29,30). The number of β-amino-alcohol motifs (C(OH)–C–C–N with tert-alkyl or cyclic N) is 1. The molecule has 34 heavy (non-hydrogen) atoms. The maximum absolute atomic E-state index is 10.3. The van der Waals surface area contributed by atoms with Gasteiger partial charge in [-0.15, -0.1) is 0 Å². The van der Waals surface area contributed by atoms with E-state index in [0.717, 1.165) is 54.5 Å². The van der Waals surface area contributed by atoms with Crippen LogP contribution in [0.4, 0.5) is 23.4 Å². The molecule has 2 aliphatic heterocycles. The Kier molecular flexibility index (Phi) is 5.07. The van der Waals surface area contributed by atoms with E-state index in [2.05, 4.69) is 45.0 Å². The summed E-state index contributed by atoms with van der Waals surface area (Å²) in [5.74, 6) is 3.28. The van der Waals surface area contributed by atoms with Crippen molar-refractivity contribution in [2.24, 2.45) is 5.41 Å². The first kappa shape index (κ1) is 21.5. The van der Waals surface area contributed by atoms with Gasteiger partial charge < -0.3 is 25.3 Å². The van der Waals surface area contributed by atoms with Crippen molar-refractivity contribution in [2.45, 2.75) is 51.2 Å². The fourth-order valence-corrected chi connectivity index (χ4v) is 5.22. The Labute approximate surface area is 198 Å². The zero-order chi connectivity index (χ0) is 23.4. The van der Waals surface area contributed by atoms with E-state index in [1.54, 1.807) is 6.20 Å². The Morgan fingerprint density at radius 1 is 1.03 bits per heavy atom. The average molecular weight is 462 g/mol. The van der Waals surface area contributed by atoms with Gasteiger partial charge in [0.05, 0.1) is 12.2 Å². The number of fused-ring (bicyclic) bond motifs is 1. The van der Waals surface area contributed by atoms with Crippen molar-refractivity contribution in [3.63, 3.8) is 0 Å². The Morgan fingerprint density at radius 2 is 1.85 bits per heavy atom. The number of piperidine rings is 1. The summed E-state index contributed by atoms with van der Waals surface area (Å²) in [6.07, 6.45) is 7.99. The molecule has 3 aliphatic rings. The molecule has 0 aromatic carbocycles. The molecule has 0 radical (unpaired) electrons. The van der Waals surface area contributed by atoms with Gasteiger partial charge in [0.1, 0.15) is 17.5 Å². The lowest BCUT2D eigenvalue weighted by Gasteiger charge is -2.37. The summed E-state index contributed by atoms with van der Waals surface area (Å²) in [7, 11) is 0. The molecule has 6 rings (SSSR count). The van der Waals surface area contributed by atoms with Gasteiger partial charge in [0.25, 0.3) is 0 Å². The van der Waals surface area contributed by atoms with E-state index in [1.807, 2.05) is 18.5 Å². The molecule has 1 unspecified atom stereocenters. The Morgan fingerprint density at radius 3 is 2.59 bits per heavy atom. The van der Waals surface area contributed by atoms with Crippen LogP contribution in [-0.4, -0.2) is 68.5 Å². The van der Waals surface area contributed by atoms with Gasteiger partial charge in [-0.25, -0.2) is 15.0 Å². The van der Waals surface area contributed by atoms with Gasteiger partial charge in [-0.05, 0) is 48.3 Å². The summed E-state index contributed by atoms with van der Waals surface area (Å²) in [6, 6.07) is 3.91. The van der Waals surface area contributed by atoms with Crippen LogP contribution in [0.15, 0.2) is 30.7 Å². The lowest BCUT2D eigenvalue weighted by Crippen LogP contribution is -2.51. The predicted molar refractivity (Wildman–Crippen MR) is 132 cm³/mol. The fraction of sp³-hybridized carbons (Fsp3) is 0.520. The second-order valence-electron chi connectivity index (χ2n) is 10.3. The van der Waals surface area contributed by atoms with Gasteiger partial charge in [0.2, 0.25) is 5.95 Å². The van der Waals surface area contributed by atoms with Crippen molar-refractivity contribution in [1.29, 1.82) is 0 Å². The number of aliphatic hydroxyl groups excluding tert-OH is 2. The number of hydrogen-bond acceptors (Lipinski definition) is 9. The van der Waals surface area contributed by atoms with E-state index in [0.29, 0.717) is 36.6 Å². The van der Waals surface area contributed by atoms with Gasteiger partial charge in [0, 0.05) is 55.6 Å². The molecule has 3 aromatic heterocycles. The minimum Gasteiger partial charge on any atom is -0.392 e. The fourth-order valence-electron chi connectivity index (χ4n) is 5.22. The molecule has 9 heteroatoms. The molecule has 1 spiro atoms. The maximum Gasteiger partial charge on any atom is 0.227 e. The van der Waals surface area contributed by atoms with Crippen LogP contribution in [0, 0.1) is 5.41 Å².